The van der Waals surface area contributed by atoms with Crippen LogP contribution < -0.4 is 5.32 Å². The molecule has 1 aromatic carbocycles. The highest BCUT2D eigenvalue weighted by atomic mass is 79.9. The van der Waals surface area contributed by atoms with Crippen LogP contribution in [0.1, 0.15) is 26.7 Å². The van der Waals surface area contributed by atoms with Crippen LogP contribution in [0.3, 0.4) is 0 Å². The highest BCUT2D eigenvalue weighted by Gasteiger charge is 2.10. The van der Waals surface area contributed by atoms with Crippen LogP contribution >= 0.6 is 27.7 Å². The van der Waals surface area contributed by atoms with Gasteiger partial charge in [-0.3, -0.25) is 9.59 Å². The number of nitrogens with zero attached hydrogens (tertiary/aromatic N) is 1. The van der Waals surface area contributed by atoms with Gasteiger partial charge in [0.2, 0.25) is 0 Å². The molecule has 0 fully saturated rings. The minimum absolute atomic E-state index is 0.307. The Bertz CT molecular complexity index is 585. The van der Waals surface area contributed by atoms with E-state index in [2.05, 4.69) is 21.2 Å². The molecular weight excluding hydrogens is 368 g/mol. The van der Waals surface area contributed by atoms with Crippen LogP contribution in [0.25, 0.3) is 0 Å². The van der Waals surface area contributed by atoms with Crippen molar-refractivity contribution >= 4 is 45.3 Å². The molecule has 0 atom stereocenters. The van der Waals surface area contributed by atoms with Crippen molar-refractivity contribution in [1.82, 2.24) is 0 Å². The lowest BCUT2D eigenvalue weighted by Crippen LogP contribution is -2.21. The number of benzene rings is 1. The number of nitrogens with one attached hydrogen (secondary N) is 1. The summed E-state index contributed by atoms with van der Waals surface area (Å²) in [6.45, 7) is 3.73. The maximum Gasteiger partial charge on any atom is 0.306 e. The summed E-state index contributed by atoms with van der Waals surface area (Å²) < 4.78 is 5.57. The summed E-state index contributed by atoms with van der Waals surface area (Å²) in [4.78, 5) is 24.0. The summed E-state index contributed by atoms with van der Waals surface area (Å²) in [6.07, 6.45) is 1.05. The number of ether oxygens (including phenoxy) is 1. The van der Waals surface area contributed by atoms with Crippen LogP contribution in [0.5, 0.6) is 0 Å². The van der Waals surface area contributed by atoms with Crippen LogP contribution in [-0.4, -0.2) is 18.5 Å². The van der Waals surface area contributed by atoms with Gasteiger partial charge in [0, 0.05) is 15.8 Å². The largest absolute Gasteiger partial charge is 0.456 e. The number of carbonyl (C=O) groups is 2. The van der Waals surface area contributed by atoms with E-state index in [4.69, 9.17) is 10.00 Å². The van der Waals surface area contributed by atoms with E-state index in [9.17, 15) is 9.59 Å². The minimum Gasteiger partial charge on any atom is -0.456 e. The summed E-state index contributed by atoms with van der Waals surface area (Å²) >= 11 is 4.35. The lowest BCUT2D eigenvalue weighted by atomic mass is 10.1. The van der Waals surface area contributed by atoms with Crippen molar-refractivity contribution in [2.24, 2.45) is 5.92 Å². The number of thioether (sulfide) groups is 1. The molecular formula is C15H17BrN2O3S. The van der Waals surface area contributed by atoms with E-state index in [1.54, 1.807) is 18.2 Å². The van der Waals surface area contributed by atoms with Crippen LogP contribution in [0.15, 0.2) is 27.6 Å². The Kier molecular flexibility index (Phi) is 7.99. The molecule has 5 nitrogen and oxygen atoms in total. The van der Waals surface area contributed by atoms with E-state index in [1.165, 1.54) is 0 Å². The number of halogens is 1. The summed E-state index contributed by atoms with van der Waals surface area (Å²) in [5.41, 5.74) is 0.561. The SMILES string of the molecule is CC(C)CCC(=O)OCC(=O)Nc1ccc(SC#N)cc1Br. The molecule has 0 bridgehead atoms. The van der Waals surface area contributed by atoms with Crippen LogP contribution in [0, 0.1) is 16.6 Å². The minimum atomic E-state index is -0.403. The standard InChI is InChI=1S/C15H17BrN2O3S/c1-10(2)3-6-15(20)21-8-14(19)18-13-5-4-11(22-9-17)7-12(13)16/h4-5,7,10H,3,6,8H2,1-2H3,(H,18,19). The zero-order valence-corrected chi connectivity index (χ0v) is 14.8. The molecule has 1 rings (SSSR count). The zero-order valence-electron chi connectivity index (χ0n) is 12.4. The predicted octanol–water partition coefficient (Wildman–Crippen LogP) is 3.94. The highest BCUT2D eigenvalue weighted by Crippen LogP contribution is 2.28. The van der Waals surface area contributed by atoms with Crippen LogP contribution in [0.4, 0.5) is 5.69 Å². The van der Waals surface area contributed by atoms with E-state index in [-0.39, 0.29) is 12.6 Å². The van der Waals surface area contributed by atoms with Crippen molar-refractivity contribution in [2.75, 3.05) is 11.9 Å². The van der Waals surface area contributed by atoms with Crippen molar-refractivity contribution in [3.05, 3.63) is 22.7 Å². The summed E-state index contributed by atoms with van der Waals surface area (Å²) in [5.74, 6) is -0.356. The fourth-order valence-electron chi connectivity index (χ4n) is 1.52. The molecule has 0 unspecified atom stereocenters. The molecule has 0 spiro atoms. The third-order valence-corrected chi connectivity index (χ3v) is 3.91. The fraction of sp³-hybridized carbons (Fsp3) is 0.400. The first-order valence-corrected chi connectivity index (χ1v) is 8.34. The second-order valence-corrected chi connectivity index (χ2v) is 6.69. The molecule has 0 saturated carbocycles. The molecule has 0 aliphatic carbocycles. The number of carbonyl (C=O) groups excluding carboxylic acids is 2. The molecule has 0 aliphatic heterocycles. The first kappa shape index (κ1) is 18.5. The van der Waals surface area contributed by atoms with Gasteiger partial charge in [-0.25, -0.2) is 0 Å². The highest BCUT2D eigenvalue weighted by molar-refractivity contribution is 9.10. The number of rotatable bonds is 7. The average molecular weight is 385 g/mol. The second kappa shape index (κ2) is 9.49. The predicted molar refractivity (Wildman–Crippen MR) is 89.3 cm³/mol. The van der Waals surface area contributed by atoms with Gasteiger partial charge in [0.15, 0.2) is 6.61 Å². The maximum atomic E-state index is 11.8. The van der Waals surface area contributed by atoms with Crippen molar-refractivity contribution < 1.29 is 14.3 Å². The summed E-state index contributed by atoms with van der Waals surface area (Å²) in [7, 11) is 0. The molecule has 1 N–H and O–H groups in total. The molecule has 7 heteroatoms. The Morgan fingerprint density at radius 2 is 2.18 bits per heavy atom. The molecule has 1 amide bonds. The van der Waals surface area contributed by atoms with Gasteiger partial charge in [-0.2, -0.15) is 5.26 Å². The average Bonchev–Trinajstić information content (AvgIpc) is 2.46. The molecule has 0 aliphatic rings. The molecule has 0 heterocycles. The molecule has 0 aromatic heterocycles. The number of esters is 1. The fourth-order valence-corrected chi connectivity index (χ4v) is 2.57. The van der Waals surface area contributed by atoms with Crippen molar-refractivity contribution in [1.29, 1.82) is 5.26 Å². The van der Waals surface area contributed by atoms with Crippen molar-refractivity contribution in [3.63, 3.8) is 0 Å². The molecule has 1 aromatic rings. The quantitative estimate of drug-likeness (QED) is 0.437. The van der Waals surface area contributed by atoms with Gasteiger partial charge >= 0.3 is 5.97 Å². The van der Waals surface area contributed by atoms with Crippen molar-refractivity contribution in [2.45, 2.75) is 31.6 Å². The van der Waals surface area contributed by atoms with Gasteiger partial charge in [-0.05, 0) is 58.2 Å². The van der Waals surface area contributed by atoms with E-state index >= 15 is 0 Å². The van der Waals surface area contributed by atoms with Gasteiger partial charge in [-0.15, -0.1) is 0 Å². The normalized spacial score (nSPS) is 10.1. The summed E-state index contributed by atoms with van der Waals surface area (Å²) in [5, 5.41) is 13.2. The lowest BCUT2D eigenvalue weighted by Gasteiger charge is -2.09. The number of hydrogen-bond acceptors (Lipinski definition) is 5. The molecule has 0 radical (unpaired) electrons. The Morgan fingerprint density at radius 3 is 2.77 bits per heavy atom. The molecule has 22 heavy (non-hydrogen) atoms. The van der Waals surface area contributed by atoms with Gasteiger partial charge in [-0.1, -0.05) is 13.8 Å². The van der Waals surface area contributed by atoms with Crippen LogP contribution in [0.2, 0.25) is 0 Å². The van der Waals surface area contributed by atoms with E-state index in [1.807, 2.05) is 19.2 Å². The Hall–Kier alpha value is -1.52. The van der Waals surface area contributed by atoms with E-state index in [0.29, 0.717) is 22.5 Å². The Balaban J connectivity index is 2.45. The lowest BCUT2D eigenvalue weighted by molar-refractivity contribution is -0.147. The third kappa shape index (κ3) is 6.96. The molecule has 0 saturated heterocycles. The van der Waals surface area contributed by atoms with Gasteiger partial charge in [0.25, 0.3) is 5.91 Å². The van der Waals surface area contributed by atoms with Gasteiger partial charge in [0.1, 0.15) is 5.40 Å². The Morgan fingerprint density at radius 1 is 1.45 bits per heavy atom. The number of hydrogen-bond donors (Lipinski definition) is 1. The second-order valence-electron chi connectivity index (χ2n) is 4.98. The topological polar surface area (TPSA) is 79.2 Å². The van der Waals surface area contributed by atoms with Gasteiger partial charge < -0.3 is 10.1 Å². The first-order chi connectivity index (χ1) is 10.4. The van der Waals surface area contributed by atoms with Crippen LogP contribution in [-0.2, 0) is 14.3 Å². The monoisotopic (exact) mass is 384 g/mol. The zero-order chi connectivity index (χ0) is 16.5. The van der Waals surface area contributed by atoms with E-state index in [0.717, 1.165) is 23.1 Å². The number of amides is 1. The smallest absolute Gasteiger partial charge is 0.306 e. The van der Waals surface area contributed by atoms with E-state index < -0.39 is 5.91 Å². The number of nitriles is 1. The Labute approximate surface area is 142 Å². The number of anilines is 1. The summed E-state index contributed by atoms with van der Waals surface area (Å²) in [6, 6.07) is 5.14. The van der Waals surface area contributed by atoms with Crippen molar-refractivity contribution in [3.8, 4) is 5.40 Å². The maximum absolute atomic E-state index is 11.8. The molecule has 118 valence electrons. The first-order valence-electron chi connectivity index (χ1n) is 6.73. The number of thiocyanates is 1. The van der Waals surface area contributed by atoms with Gasteiger partial charge in [0.05, 0.1) is 5.69 Å². The third-order valence-electron chi connectivity index (χ3n) is 2.67.